The van der Waals surface area contributed by atoms with E-state index in [0.29, 0.717) is 13.0 Å². The number of aliphatic hydroxyl groups is 1. The molecule has 0 aromatic heterocycles. The zero-order valence-corrected chi connectivity index (χ0v) is 6.68. The van der Waals surface area contributed by atoms with Crippen molar-refractivity contribution in [3.63, 3.8) is 0 Å². The lowest BCUT2D eigenvalue weighted by molar-refractivity contribution is -0.129. The molecule has 1 amide bonds. The number of carbonyl (C=O) groups is 1. The SMILES string of the molecule is CC1(CCO)NCCNC1=O. The van der Waals surface area contributed by atoms with Gasteiger partial charge in [-0.25, -0.2) is 0 Å². The van der Waals surface area contributed by atoms with E-state index < -0.39 is 5.54 Å². The average molecular weight is 158 g/mol. The molecule has 0 aliphatic carbocycles. The third-order valence-electron chi connectivity index (χ3n) is 2.04. The molecule has 1 heterocycles. The molecule has 1 fully saturated rings. The monoisotopic (exact) mass is 158 g/mol. The second kappa shape index (κ2) is 3.19. The van der Waals surface area contributed by atoms with Crippen LogP contribution in [0, 0.1) is 0 Å². The predicted molar refractivity (Wildman–Crippen MR) is 41.1 cm³/mol. The number of carbonyl (C=O) groups excluding carboxylic acids is 1. The normalized spacial score (nSPS) is 31.6. The quantitative estimate of drug-likeness (QED) is 0.475. The largest absolute Gasteiger partial charge is 0.396 e. The number of aliphatic hydroxyl groups excluding tert-OH is 1. The first-order valence-corrected chi connectivity index (χ1v) is 3.83. The minimum Gasteiger partial charge on any atom is -0.396 e. The van der Waals surface area contributed by atoms with Crippen molar-refractivity contribution in [2.45, 2.75) is 18.9 Å². The van der Waals surface area contributed by atoms with Crippen LogP contribution in [-0.4, -0.2) is 36.2 Å². The fourth-order valence-corrected chi connectivity index (χ4v) is 1.22. The number of hydrogen-bond acceptors (Lipinski definition) is 3. The molecule has 0 aromatic rings. The van der Waals surface area contributed by atoms with Crippen molar-refractivity contribution in [3.05, 3.63) is 0 Å². The lowest BCUT2D eigenvalue weighted by atomic mass is 9.95. The van der Waals surface area contributed by atoms with Gasteiger partial charge in [-0.05, 0) is 13.3 Å². The van der Waals surface area contributed by atoms with E-state index in [1.807, 2.05) is 0 Å². The van der Waals surface area contributed by atoms with Crippen LogP contribution in [0.2, 0.25) is 0 Å². The van der Waals surface area contributed by atoms with Crippen LogP contribution in [0.5, 0.6) is 0 Å². The summed E-state index contributed by atoms with van der Waals surface area (Å²) >= 11 is 0. The van der Waals surface area contributed by atoms with E-state index in [-0.39, 0.29) is 12.5 Å². The summed E-state index contributed by atoms with van der Waals surface area (Å²) in [5.41, 5.74) is -0.562. The molecule has 64 valence electrons. The molecule has 0 spiro atoms. The summed E-state index contributed by atoms with van der Waals surface area (Å²) in [7, 11) is 0. The predicted octanol–water partition coefficient (Wildman–Crippen LogP) is -1.15. The number of amides is 1. The third kappa shape index (κ3) is 1.70. The molecular formula is C7H14N2O2. The number of rotatable bonds is 2. The molecule has 4 nitrogen and oxygen atoms in total. The summed E-state index contributed by atoms with van der Waals surface area (Å²) in [6.07, 6.45) is 0.471. The van der Waals surface area contributed by atoms with Crippen LogP contribution >= 0.6 is 0 Å². The van der Waals surface area contributed by atoms with Gasteiger partial charge >= 0.3 is 0 Å². The van der Waals surface area contributed by atoms with Gasteiger partial charge in [0.2, 0.25) is 5.91 Å². The Bertz CT molecular complexity index is 157. The molecule has 0 bridgehead atoms. The first-order chi connectivity index (χ1) is 5.19. The van der Waals surface area contributed by atoms with Gasteiger partial charge < -0.3 is 15.7 Å². The Morgan fingerprint density at radius 3 is 2.91 bits per heavy atom. The zero-order valence-electron chi connectivity index (χ0n) is 6.68. The summed E-state index contributed by atoms with van der Waals surface area (Å²) < 4.78 is 0. The molecule has 1 aliphatic heterocycles. The van der Waals surface area contributed by atoms with Crippen molar-refractivity contribution in [1.29, 1.82) is 0 Å². The van der Waals surface area contributed by atoms with Crippen LogP contribution in [0.1, 0.15) is 13.3 Å². The van der Waals surface area contributed by atoms with Crippen LogP contribution in [0.15, 0.2) is 0 Å². The molecule has 1 unspecified atom stereocenters. The van der Waals surface area contributed by atoms with Crippen LogP contribution < -0.4 is 10.6 Å². The van der Waals surface area contributed by atoms with E-state index in [1.54, 1.807) is 6.92 Å². The molecule has 1 aliphatic rings. The van der Waals surface area contributed by atoms with Gasteiger partial charge in [-0.2, -0.15) is 0 Å². The minimum absolute atomic E-state index is 0.0159. The highest BCUT2D eigenvalue weighted by Crippen LogP contribution is 2.10. The van der Waals surface area contributed by atoms with Crippen molar-refractivity contribution in [2.75, 3.05) is 19.7 Å². The van der Waals surface area contributed by atoms with Crippen molar-refractivity contribution in [2.24, 2.45) is 0 Å². The maximum atomic E-state index is 11.2. The highest BCUT2D eigenvalue weighted by Gasteiger charge is 2.33. The Labute approximate surface area is 66.0 Å². The second-order valence-corrected chi connectivity index (χ2v) is 2.99. The maximum absolute atomic E-state index is 11.2. The highest BCUT2D eigenvalue weighted by atomic mass is 16.3. The lowest BCUT2D eigenvalue weighted by Gasteiger charge is -2.33. The van der Waals surface area contributed by atoms with Gasteiger partial charge in [-0.15, -0.1) is 0 Å². The Balaban J connectivity index is 2.57. The Morgan fingerprint density at radius 2 is 2.36 bits per heavy atom. The fraction of sp³-hybridized carbons (Fsp3) is 0.857. The first-order valence-electron chi connectivity index (χ1n) is 3.83. The van der Waals surface area contributed by atoms with Crippen LogP contribution in [0.4, 0.5) is 0 Å². The van der Waals surface area contributed by atoms with E-state index >= 15 is 0 Å². The molecule has 0 radical (unpaired) electrons. The Morgan fingerprint density at radius 1 is 1.64 bits per heavy atom. The van der Waals surface area contributed by atoms with E-state index in [0.717, 1.165) is 6.54 Å². The fourth-order valence-electron chi connectivity index (χ4n) is 1.22. The number of hydrogen-bond donors (Lipinski definition) is 3. The second-order valence-electron chi connectivity index (χ2n) is 2.99. The summed E-state index contributed by atoms with van der Waals surface area (Å²) in [4.78, 5) is 11.2. The van der Waals surface area contributed by atoms with Gasteiger partial charge in [0.15, 0.2) is 0 Å². The molecule has 1 rings (SSSR count). The van der Waals surface area contributed by atoms with Gasteiger partial charge in [-0.3, -0.25) is 4.79 Å². The van der Waals surface area contributed by atoms with Crippen molar-refractivity contribution in [3.8, 4) is 0 Å². The van der Waals surface area contributed by atoms with E-state index in [2.05, 4.69) is 10.6 Å². The van der Waals surface area contributed by atoms with Gasteiger partial charge in [0.05, 0.1) is 5.54 Å². The van der Waals surface area contributed by atoms with Gasteiger partial charge in [0.25, 0.3) is 0 Å². The molecule has 3 N–H and O–H groups in total. The van der Waals surface area contributed by atoms with Crippen LogP contribution in [0.3, 0.4) is 0 Å². The van der Waals surface area contributed by atoms with E-state index in [1.165, 1.54) is 0 Å². The van der Waals surface area contributed by atoms with Crippen molar-refractivity contribution < 1.29 is 9.90 Å². The smallest absolute Gasteiger partial charge is 0.240 e. The number of nitrogens with one attached hydrogen (secondary N) is 2. The summed E-state index contributed by atoms with van der Waals surface area (Å²) in [5, 5.41) is 14.5. The number of piperazine rings is 1. The average Bonchev–Trinajstić information content (AvgIpc) is 1.96. The topological polar surface area (TPSA) is 61.4 Å². The van der Waals surface area contributed by atoms with Crippen LogP contribution in [0.25, 0.3) is 0 Å². The lowest BCUT2D eigenvalue weighted by Crippen LogP contribution is -2.61. The van der Waals surface area contributed by atoms with Gasteiger partial charge in [0.1, 0.15) is 0 Å². The summed E-state index contributed by atoms with van der Waals surface area (Å²) in [6.45, 7) is 3.30. The van der Waals surface area contributed by atoms with E-state index in [9.17, 15) is 4.79 Å². The van der Waals surface area contributed by atoms with Crippen molar-refractivity contribution >= 4 is 5.91 Å². The highest BCUT2D eigenvalue weighted by molar-refractivity contribution is 5.86. The molecule has 0 aromatic carbocycles. The standard InChI is InChI=1S/C7H14N2O2/c1-7(2-5-10)6(11)8-3-4-9-7/h9-10H,2-5H2,1H3,(H,8,11). The summed E-state index contributed by atoms with van der Waals surface area (Å²) in [5.74, 6) is -0.0159. The molecule has 1 atom stereocenters. The maximum Gasteiger partial charge on any atom is 0.240 e. The van der Waals surface area contributed by atoms with Crippen LogP contribution in [-0.2, 0) is 4.79 Å². The third-order valence-corrected chi connectivity index (χ3v) is 2.04. The molecule has 4 heteroatoms. The van der Waals surface area contributed by atoms with E-state index in [4.69, 9.17) is 5.11 Å². The molecular weight excluding hydrogens is 144 g/mol. The molecule has 0 saturated carbocycles. The molecule has 11 heavy (non-hydrogen) atoms. The summed E-state index contributed by atoms with van der Waals surface area (Å²) in [6, 6.07) is 0. The Kier molecular flexibility index (Phi) is 2.46. The van der Waals surface area contributed by atoms with Gasteiger partial charge in [-0.1, -0.05) is 0 Å². The van der Waals surface area contributed by atoms with Gasteiger partial charge in [0, 0.05) is 19.7 Å². The minimum atomic E-state index is -0.562. The first kappa shape index (κ1) is 8.49. The molecule has 1 saturated heterocycles. The van der Waals surface area contributed by atoms with Crippen molar-refractivity contribution in [1.82, 2.24) is 10.6 Å². The Hall–Kier alpha value is -0.610. The zero-order chi connectivity index (χ0) is 8.32.